The highest BCUT2D eigenvalue weighted by atomic mass is 32.1. The Kier molecular flexibility index (Phi) is 8.60. The van der Waals surface area contributed by atoms with Crippen LogP contribution < -0.4 is 4.50 Å². The second-order valence-electron chi connectivity index (χ2n) is 13.5. The summed E-state index contributed by atoms with van der Waals surface area (Å²) in [6.45, 7) is 26.1. The van der Waals surface area contributed by atoms with E-state index in [0.717, 1.165) is 17.8 Å². The smallest absolute Gasteiger partial charge is 0.101 e. The maximum absolute atomic E-state index is 5.07. The third-order valence-electron chi connectivity index (χ3n) is 8.23. The Bertz CT molecular complexity index is 1410. The lowest BCUT2D eigenvalue weighted by Gasteiger charge is -2.36. The predicted octanol–water partition coefficient (Wildman–Crippen LogP) is 10.8. The molecular weight excluding hydrogens is 495 g/mol. The molecule has 0 fully saturated rings. The molecule has 0 spiro atoms. The molecule has 2 aromatic heterocycles. The van der Waals surface area contributed by atoms with Gasteiger partial charge in [-0.05, 0) is 106 Å². The molecule has 0 saturated carbocycles. The highest BCUT2D eigenvalue weighted by Gasteiger charge is 2.40. The van der Waals surface area contributed by atoms with E-state index in [0.29, 0.717) is 5.92 Å². The minimum absolute atomic E-state index is 0.461. The number of rotatable bonds is 9. The highest BCUT2D eigenvalue weighted by molar-refractivity contribution is 7.32. The second kappa shape index (κ2) is 11.3. The Labute approximate surface area is 237 Å². The quantitative estimate of drug-likeness (QED) is 0.191. The van der Waals surface area contributed by atoms with E-state index in [4.69, 9.17) is 4.98 Å². The molecule has 1 nitrogen and oxygen atoms in total. The van der Waals surface area contributed by atoms with Crippen LogP contribution in [0.4, 0.5) is 0 Å². The van der Waals surface area contributed by atoms with Crippen LogP contribution in [0.2, 0.25) is 18.1 Å². The lowest BCUT2D eigenvalue weighted by molar-refractivity contribution is 0.650. The van der Waals surface area contributed by atoms with Crippen LogP contribution in [-0.2, 0) is 0 Å². The molecule has 2 aromatic carbocycles. The molecule has 0 aliphatic carbocycles. The number of hydrogen-bond acceptors (Lipinski definition) is 2. The maximum Gasteiger partial charge on any atom is 0.101 e. The largest absolute Gasteiger partial charge is 0.255 e. The summed E-state index contributed by atoms with van der Waals surface area (Å²) in [7, 11) is -1.71. The summed E-state index contributed by atoms with van der Waals surface area (Å²) in [4.78, 5) is 5.07. The second-order valence-corrected chi connectivity index (χ2v) is 19.2. The average molecular weight is 544 g/mol. The van der Waals surface area contributed by atoms with Gasteiger partial charge in [0.2, 0.25) is 0 Å². The van der Waals surface area contributed by atoms with Crippen LogP contribution in [0.3, 0.4) is 0 Å². The van der Waals surface area contributed by atoms with E-state index in [1.807, 2.05) is 0 Å². The highest BCUT2D eigenvalue weighted by Crippen LogP contribution is 2.41. The first kappa shape index (κ1) is 29.0. The van der Waals surface area contributed by atoms with Gasteiger partial charge in [-0.25, -0.2) is 0 Å². The number of pyridine rings is 1. The van der Waals surface area contributed by atoms with Crippen molar-refractivity contribution < 1.29 is 0 Å². The molecule has 0 N–H and O–H groups in total. The molecule has 3 heteroatoms. The summed E-state index contributed by atoms with van der Waals surface area (Å²) < 4.78 is 3.14. The zero-order valence-electron chi connectivity index (χ0n) is 25.8. The molecule has 0 saturated heterocycles. The van der Waals surface area contributed by atoms with Crippen LogP contribution in [-0.4, -0.2) is 13.1 Å². The molecule has 4 rings (SSSR count). The fourth-order valence-corrected chi connectivity index (χ4v) is 16.7. The molecule has 4 aromatic rings. The summed E-state index contributed by atoms with van der Waals surface area (Å²) in [6, 6.07) is 16.0. The van der Waals surface area contributed by atoms with Crippen LogP contribution in [0.1, 0.15) is 83.6 Å². The van der Waals surface area contributed by atoms with Gasteiger partial charge in [-0.3, -0.25) is 4.98 Å². The lowest BCUT2D eigenvalue weighted by Crippen LogP contribution is -2.50. The summed E-state index contributed by atoms with van der Waals surface area (Å²) in [6.07, 6.45) is 2.05. The Morgan fingerprint density at radius 1 is 0.737 bits per heavy atom. The van der Waals surface area contributed by atoms with Gasteiger partial charge >= 0.3 is 0 Å². The zero-order chi connectivity index (χ0) is 27.9. The van der Waals surface area contributed by atoms with Crippen LogP contribution in [0.5, 0.6) is 0 Å². The number of thiophene rings is 1. The fraction of sp³-hybridized carbons (Fsp3) is 0.514. The van der Waals surface area contributed by atoms with Crippen LogP contribution in [0, 0.1) is 38.5 Å². The minimum atomic E-state index is -1.71. The van der Waals surface area contributed by atoms with E-state index in [-0.39, 0.29) is 0 Å². The number of aryl methyl sites for hydroxylation is 3. The molecule has 2 heterocycles. The van der Waals surface area contributed by atoms with Crippen molar-refractivity contribution in [1.29, 1.82) is 0 Å². The topological polar surface area (TPSA) is 12.9 Å². The number of nitrogens with zero attached hydrogens (tertiary/aromatic N) is 1. The minimum Gasteiger partial charge on any atom is -0.255 e. The van der Waals surface area contributed by atoms with Crippen molar-refractivity contribution in [3.63, 3.8) is 0 Å². The van der Waals surface area contributed by atoms with Gasteiger partial charge in [-0.15, -0.1) is 11.3 Å². The van der Waals surface area contributed by atoms with Gasteiger partial charge in [0, 0.05) is 11.8 Å². The zero-order valence-corrected chi connectivity index (χ0v) is 27.6. The Balaban J connectivity index is 2.00. The Morgan fingerprint density at radius 3 is 1.87 bits per heavy atom. The molecular formula is C35H49NSSi. The summed E-state index contributed by atoms with van der Waals surface area (Å²) in [5.41, 5.74) is 8.14. The molecule has 0 aliphatic heterocycles. The molecule has 0 amide bonds. The summed E-state index contributed by atoms with van der Waals surface area (Å²) >= 11 is 2.10. The molecule has 0 bridgehead atoms. The SMILES string of the molecule is Cc1cc2cc(-c3nccc4c(C)c([Si](CC(C)C)(CC(C)C)CC(C)C)sc34)cc(C(C)C)c2cc1C. The Hall–Kier alpha value is -1.97. The average Bonchev–Trinajstić information content (AvgIpc) is 3.15. The van der Waals surface area contributed by atoms with Gasteiger partial charge in [-0.2, -0.15) is 0 Å². The Morgan fingerprint density at radius 2 is 1.32 bits per heavy atom. The summed E-state index contributed by atoms with van der Waals surface area (Å²) in [5.74, 6) is 2.63. The third kappa shape index (κ3) is 5.65. The molecule has 204 valence electrons. The normalized spacial score (nSPS) is 12.8. The fourth-order valence-electron chi connectivity index (χ4n) is 7.01. The van der Waals surface area contributed by atoms with E-state index in [1.165, 1.54) is 66.9 Å². The van der Waals surface area contributed by atoms with Crippen molar-refractivity contribution >= 4 is 44.8 Å². The van der Waals surface area contributed by atoms with Gasteiger partial charge in [0.25, 0.3) is 0 Å². The number of fused-ring (bicyclic) bond motifs is 2. The monoisotopic (exact) mass is 543 g/mol. The molecule has 0 radical (unpaired) electrons. The van der Waals surface area contributed by atoms with Crippen LogP contribution in [0.25, 0.3) is 32.1 Å². The van der Waals surface area contributed by atoms with Gasteiger partial charge < -0.3 is 0 Å². The molecule has 0 unspecified atom stereocenters. The standard InChI is InChI=1S/C35H49NSSi/c1-21(2)18-38(19-22(3)4,20-23(5)6)35-27(11)30-12-13-36-33(34(30)37-35)29-16-28-14-25(9)26(10)15-32(28)31(17-29)24(7)8/h12-17,21-24H,18-20H2,1-11H3. The first-order valence-corrected chi connectivity index (χ1v) is 18.2. The van der Waals surface area contributed by atoms with E-state index in [2.05, 4.69) is 124 Å². The van der Waals surface area contributed by atoms with Gasteiger partial charge in [0.15, 0.2) is 0 Å². The van der Waals surface area contributed by atoms with E-state index in [1.54, 1.807) is 10.1 Å². The predicted molar refractivity (Wildman–Crippen MR) is 175 cm³/mol. The molecule has 0 aliphatic rings. The van der Waals surface area contributed by atoms with Gasteiger partial charge in [0.05, 0.1) is 10.4 Å². The van der Waals surface area contributed by atoms with Gasteiger partial charge in [0.1, 0.15) is 8.07 Å². The number of aromatic nitrogens is 1. The van der Waals surface area contributed by atoms with E-state index in [9.17, 15) is 0 Å². The van der Waals surface area contributed by atoms with E-state index < -0.39 is 8.07 Å². The van der Waals surface area contributed by atoms with Crippen molar-refractivity contribution in [1.82, 2.24) is 4.98 Å². The number of benzene rings is 2. The van der Waals surface area contributed by atoms with E-state index >= 15 is 0 Å². The summed E-state index contributed by atoms with van der Waals surface area (Å²) in [5, 5.41) is 4.15. The van der Waals surface area contributed by atoms with Gasteiger partial charge in [-0.1, -0.05) is 85.7 Å². The maximum atomic E-state index is 5.07. The van der Waals surface area contributed by atoms with Crippen molar-refractivity contribution in [3.8, 4) is 11.3 Å². The third-order valence-corrected chi connectivity index (χ3v) is 17.1. The first-order chi connectivity index (χ1) is 17.8. The molecule has 38 heavy (non-hydrogen) atoms. The van der Waals surface area contributed by atoms with Crippen molar-refractivity contribution in [2.45, 2.75) is 100 Å². The van der Waals surface area contributed by atoms with Crippen LogP contribution >= 0.6 is 11.3 Å². The van der Waals surface area contributed by atoms with Crippen molar-refractivity contribution in [2.24, 2.45) is 17.8 Å². The van der Waals surface area contributed by atoms with Crippen molar-refractivity contribution in [2.75, 3.05) is 0 Å². The lowest BCUT2D eigenvalue weighted by atomic mass is 9.90. The number of hydrogen-bond donors (Lipinski definition) is 0. The first-order valence-electron chi connectivity index (χ1n) is 14.8. The van der Waals surface area contributed by atoms with Crippen molar-refractivity contribution in [3.05, 3.63) is 58.8 Å². The molecule has 0 atom stereocenters. The van der Waals surface area contributed by atoms with Crippen LogP contribution in [0.15, 0.2) is 36.5 Å².